The van der Waals surface area contributed by atoms with E-state index in [4.69, 9.17) is 4.74 Å². The number of carbonyl (C=O) groups excluding carboxylic acids is 2. The van der Waals surface area contributed by atoms with Crippen molar-refractivity contribution >= 4 is 21.9 Å². The first kappa shape index (κ1) is 22.0. The maximum absolute atomic E-state index is 13.4. The van der Waals surface area contributed by atoms with Crippen LogP contribution in [0.5, 0.6) is 0 Å². The van der Waals surface area contributed by atoms with Gasteiger partial charge in [-0.3, -0.25) is 9.59 Å². The predicted molar refractivity (Wildman–Crippen MR) is 96.6 cm³/mol. The third-order valence-corrected chi connectivity index (χ3v) is 6.29. The number of rotatable bonds is 7. The van der Waals surface area contributed by atoms with Crippen molar-refractivity contribution in [2.75, 3.05) is 19.6 Å². The average molecular weight is 416 g/mol. The van der Waals surface area contributed by atoms with E-state index in [1.807, 2.05) is 0 Å². The number of hydrogen-bond donors (Lipinski definition) is 1. The van der Waals surface area contributed by atoms with Crippen LogP contribution in [0.1, 0.15) is 19.8 Å². The average Bonchev–Trinajstić information content (AvgIpc) is 2.68. The lowest BCUT2D eigenvalue weighted by molar-refractivity contribution is -0.159. The minimum atomic E-state index is -4.00. The van der Waals surface area contributed by atoms with Crippen LogP contribution in [0, 0.1) is 17.6 Å². The molecule has 1 amide bonds. The van der Waals surface area contributed by atoms with Gasteiger partial charge in [0.15, 0.2) is 17.7 Å². The van der Waals surface area contributed by atoms with E-state index in [0.29, 0.717) is 6.07 Å². The van der Waals surface area contributed by atoms with Crippen molar-refractivity contribution in [2.24, 2.45) is 5.92 Å². The molecule has 1 N–H and O–H groups in total. The van der Waals surface area contributed by atoms with E-state index in [1.165, 1.54) is 13.0 Å². The molecule has 154 valence electrons. The molecule has 2 rings (SSSR count). The molecule has 1 unspecified atom stereocenters. The van der Waals surface area contributed by atoms with E-state index in [1.54, 1.807) is 0 Å². The molecule has 0 radical (unpaired) electrons. The van der Waals surface area contributed by atoms with Gasteiger partial charge in [0.25, 0.3) is 5.91 Å². The summed E-state index contributed by atoms with van der Waals surface area (Å²) >= 11 is 0. The molecule has 0 spiro atoms. The van der Waals surface area contributed by atoms with Crippen LogP contribution >= 0.6 is 0 Å². The van der Waals surface area contributed by atoms with E-state index in [9.17, 15) is 26.8 Å². The maximum Gasteiger partial charge on any atom is 0.309 e. The van der Waals surface area contributed by atoms with Crippen molar-refractivity contribution in [3.05, 3.63) is 42.5 Å². The summed E-state index contributed by atoms with van der Waals surface area (Å²) in [6, 6.07) is 2.39. The summed E-state index contributed by atoms with van der Waals surface area (Å²) in [6.45, 7) is 5.21. The zero-order chi connectivity index (χ0) is 20.9. The fraction of sp³-hybridized carbons (Fsp3) is 0.444. The van der Waals surface area contributed by atoms with E-state index in [2.05, 4.69) is 11.9 Å². The maximum atomic E-state index is 13.4. The highest BCUT2D eigenvalue weighted by Gasteiger charge is 2.34. The van der Waals surface area contributed by atoms with Crippen molar-refractivity contribution < 1.29 is 31.5 Å². The highest BCUT2D eigenvalue weighted by molar-refractivity contribution is 7.89. The Bertz CT molecular complexity index is 852. The molecular formula is C18H22F2N2O5S. The van der Waals surface area contributed by atoms with Crippen LogP contribution in [0.2, 0.25) is 0 Å². The fourth-order valence-electron chi connectivity index (χ4n) is 2.76. The summed E-state index contributed by atoms with van der Waals surface area (Å²) in [6.07, 6.45) is 0.914. The summed E-state index contributed by atoms with van der Waals surface area (Å²) < 4.78 is 57.7. The minimum absolute atomic E-state index is 0.0259. The third kappa shape index (κ3) is 5.14. The molecule has 0 bridgehead atoms. The lowest BCUT2D eigenvalue weighted by atomic mass is 9.98. The first-order valence-electron chi connectivity index (χ1n) is 8.71. The quantitative estimate of drug-likeness (QED) is 0.538. The third-order valence-electron chi connectivity index (χ3n) is 4.40. The molecule has 0 saturated carbocycles. The highest BCUT2D eigenvalue weighted by Crippen LogP contribution is 2.25. The molecule has 0 aromatic heterocycles. The summed E-state index contributed by atoms with van der Waals surface area (Å²) in [7, 11) is -4.00. The number of carbonyl (C=O) groups is 2. The van der Waals surface area contributed by atoms with Crippen LogP contribution in [0.15, 0.2) is 35.7 Å². The highest BCUT2D eigenvalue weighted by atomic mass is 32.2. The summed E-state index contributed by atoms with van der Waals surface area (Å²) in [5, 5.41) is 2.51. The smallest absolute Gasteiger partial charge is 0.309 e. The SMILES string of the molecule is C=CCNC(=O)C(C)OC(=O)C1CCN(S(=O)(=O)c2ccc(F)c(F)c2)CC1. The Morgan fingerprint density at radius 3 is 2.54 bits per heavy atom. The fourth-order valence-corrected chi connectivity index (χ4v) is 4.24. The second-order valence-corrected chi connectivity index (χ2v) is 8.31. The molecule has 1 atom stereocenters. The number of sulfonamides is 1. The Balaban J connectivity index is 1.94. The number of amides is 1. The predicted octanol–water partition coefficient (Wildman–Crippen LogP) is 1.60. The second-order valence-electron chi connectivity index (χ2n) is 6.37. The molecule has 1 saturated heterocycles. The lowest BCUT2D eigenvalue weighted by Crippen LogP contribution is -2.42. The molecule has 1 fully saturated rings. The van der Waals surface area contributed by atoms with E-state index < -0.39 is 45.6 Å². The Morgan fingerprint density at radius 1 is 1.32 bits per heavy atom. The molecule has 1 aromatic carbocycles. The van der Waals surface area contributed by atoms with Gasteiger partial charge in [-0.15, -0.1) is 6.58 Å². The Labute approximate surface area is 162 Å². The van der Waals surface area contributed by atoms with Gasteiger partial charge >= 0.3 is 5.97 Å². The number of piperidine rings is 1. The number of nitrogens with one attached hydrogen (secondary N) is 1. The van der Waals surface area contributed by atoms with Crippen LogP contribution < -0.4 is 5.32 Å². The topological polar surface area (TPSA) is 92.8 Å². The van der Waals surface area contributed by atoms with Crippen LogP contribution in [0.25, 0.3) is 0 Å². The van der Waals surface area contributed by atoms with Gasteiger partial charge in [-0.25, -0.2) is 17.2 Å². The van der Waals surface area contributed by atoms with Crippen molar-refractivity contribution in [3.63, 3.8) is 0 Å². The Hall–Kier alpha value is -2.33. The lowest BCUT2D eigenvalue weighted by Gasteiger charge is -2.30. The van der Waals surface area contributed by atoms with Crippen LogP contribution in [0.4, 0.5) is 8.78 Å². The monoisotopic (exact) mass is 416 g/mol. The normalized spacial score (nSPS) is 17.0. The first-order chi connectivity index (χ1) is 13.2. The molecule has 1 heterocycles. The number of nitrogens with zero attached hydrogens (tertiary/aromatic N) is 1. The number of esters is 1. The first-order valence-corrected chi connectivity index (χ1v) is 10.1. The number of ether oxygens (including phenoxy) is 1. The molecule has 28 heavy (non-hydrogen) atoms. The van der Waals surface area contributed by atoms with Gasteiger partial charge in [-0.05, 0) is 38.0 Å². The molecule has 0 aliphatic carbocycles. The number of halogens is 2. The van der Waals surface area contributed by atoms with E-state index in [0.717, 1.165) is 16.4 Å². The summed E-state index contributed by atoms with van der Waals surface area (Å²) in [5.74, 6) is -3.96. The Morgan fingerprint density at radius 2 is 1.96 bits per heavy atom. The standard InChI is InChI=1S/C18H22F2N2O5S/c1-3-8-21-17(23)12(2)27-18(24)13-6-9-22(10-7-13)28(25,26)14-4-5-15(19)16(20)11-14/h3-5,11-13H,1,6-10H2,2H3,(H,21,23). The van der Waals surface area contributed by atoms with Crippen LogP contribution in [-0.2, 0) is 24.3 Å². The van der Waals surface area contributed by atoms with E-state index in [-0.39, 0.29) is 37.4 Å². The summed E-state index contributed by atoms with van der Waals surface area (Å²) in [5.41, 5.74) is 0. The Kier molecular flexibility index (Phi) is 7.25. The van der Waals surface area contributed by atoms with Gasteiger partial charge in [-0.2, -0.15) is 4.31 Å². The van der Waals surface area contributed by atoms with Crippen LogP contribution in [0.3, 0.4) is 0 Å². The van der Waals surface area contributed by atoms with Gasteiger partial charge < -0.3 is 10.1 Å². The molecule has 7 nitrogen and oxygen atoms in total. The van der Waals surface area contributed by atoms with Crippen molar-refractivity contribution in [3.8, 4) is 0 Å². The van der Waals surface area contributed by atoms with Gasteiger partial charge in [0, 0.05) is 19.6 Å². The largest absolute Gasteiger partial charge is 0.452 e. The van der Waals surface area contributed by atoms with Crippen molar-refractivity contribution in [1.82, 2.24) is 9.62 Å². The number of hydrogen-bond acceptors (Lipinski definition) is 5. The molecule has 1 aliphatic rings. The number of benzene rings is 1. The van der Waals surface area contributed by atoms with Crippen molar-refractivity contribution in [1.29, 1.82) is 0 Å². The van der Waals surface area contributed by atoms with Gasteiger partial charge in [0.05, 0.1) is 10.8 Å². The van der Waals surface area contributed by atoms with Gasteiger partial charge in [0.1, 0.15) is 0 Å². The van der Waals surface area contributed by atoms with Crippen molar-refractivity contribution in [2.45, 2.75) is 30.8 Å². The second kappa shape index (κ2) is 9.24. The molecule has 10 heteroatoms. The summed E-state index contributed by atoms with van der Waals surface area (Å²) in [4.78, 5) is 23.6. The molecule has 1 aliphatic heterocycles. The zero-order valence-electron chi connectivity index (χ0n) is 15.4. The van der Waals surface area contributed by atoms with E-state index >= 15 is 0 Å². The minimum Gasteiger partial charge on any atom is -0.452 e. The van der Waals surface area contributed by atoms with Gasteiger partial charge in [-0.1, -0.05) is 6.08 Å². The van der Waals surface area contributed by atoms with Gasteiger partial charge in [0.2, 0.25) is 10.0 Å². The molecule has 1 aromatic rings. The molecular weight excluding hydrogens is 394 g/mol. The zero-order valence-corrected chi connectivity index (χ0v) is 16.2. The van der Waals surface area contributed by atoms with Crippen LogP contribution in [-0.4, -0.2) is 50.3 Å².